The molecular formula is C17H30O7. The molecular weight excluding hydrogens is 316 g/mol. The quantitative estimate of drug-likeness (QED) is 0.438. The third kappa shape index (κ3) is 11.0. The number of carboxylic acid groups (broad SMARTS) is 3. The van der Waals surface area contributed by atoms with Gasteiger partial charge in [0, 0.05) is 6.42 Å². The van der Waals surface area contributed by atoms with E-state index in [2.05, 4.69) is 0 Å². The lowest BCUT2D eigenvalue weighted by molar-refractivity contribution is -0.175. The highest BCUT2D eigenvalue weighted by atomic mass is 16.5. The lowest BCUT2D eigenvalue weighted by Crippen LogP contribution is -2.42. The molecule has 7 heteroatoms. The summed E-state index contributed by atoms with van der Waals surface area (Å²) in [6, 6.07) is 0. The van der Waals surface area contributed by atoms with Crippen LogP contribution in [0.2, 0.25) is 0 Å². The SMILES string of the molecule is CC(C)(C)OC(C(=O)O)C(CCCCCCCCC(=O)O)C(=O)O. The third-order valence-electron chi connectivity index (χ3n) is 3.56. The van der Waals surface area contributed by atoms with Gasteiger partial charge >= 0.3 is 17.9 Å². The number of hydrogen-bond acceptors (Lipinski definition) is 4. The first-order valence-corrected chi connectivity index (χ1v) is 8.40. The highest BCUT2D eigenvalue weighted by Crippen LogP contribution is 2.23. The Hall–Kier alpha value is -1.63. The molecule has 0 heterocycles. The van der Waals surface area contributed by atoms with Crippen LogP contribution in [-0.4, -0.2) is 44.9 Å². The number of carboxylic acids is 3. The van der Waals surface area contributed by atoms with E-state index in [0.29, 0.717) is 12.8 Å². The van der Waals surface area contributed by atoms with Crippen LogP contribution in [0.1, 0.15) is 72.1 Å². The Balaban J connectivity index is 4.26. The van der Waals surface area contributed by atoms with Gasteiger partial charge in [0.1, 0.15) is 0 Å². The van der Waals surface area contributed by atoms with E-state index in [1.807, 2.05) is 0 Å². The largest absolute Gasteiger partial charge is 0.481 e. The first-order chi connectivity index (χ1) is 11.0. The molecule has 0 aliphatic heterocycles. The molecule has 140 valence electrons. The number of aliphatic carboxylic acids is 3. The van der Waals surface area contributed by atoms with Crippen molar-refractivity contribution in [3.8, 4) is 0 Å². The molecule has 2 atom stereocenters. The fourth-order valence-electron chi connectivity index (χ4n) is 2.44. The number of carbonyl (C=O) groups is 3. The van der Waals surface area contributed by atoms with Gasteiger partial charge in [0.05, 0.1) is 11.5 Å². The fourth-order valence-corrected chi connectivity index (χ4v) is 2.44. The molecule has 0 aromatic carbocycles. The Bertz CT molecular complexity index is 412. The number of rotatable bonds is 13. The van der Waals surface area contributed by atoms with Crippen molar-refractivity contribution in [3.63, 3.8) is 0 Å². The minimum absolute atomic E-state index is 0.172. The molecule has 0 aliphatic carbocycles. The molecule has 0 aromatic rings. The van der Waals surface area contributed by atoms with Crippen LogP contribution in [-0.2, 0) is 19.1 Å². The van der Waals surface area contributed by atoms with E-state index in [0.717, 1.165) is 25.7 Å². The van der Waals surface area contributed by atoms with Crippen LogP contribution >= 0.6 is 0 Å². The van der Waals surface area contributed by atoms with Crippen LogP contribution in [0.5, 0.6) is 0 Å². The van der Waals surface area contributed by atoms with Crippen molar-refractivity contribution in [2.45, 2.75) is 83.8 Å². The van der Waals surface area contributed by atoms with E-state index in [4.69, 9.17) is 9.84 Å². The summed E-state index contributed by atoms with van der Waals surface area (Å²) in [4.78, 5) is 33.1. The highest BCUT2D eigenvalue weighted by Gasteiger charge is 2.37. The molecule has 2 unspecified atom stereocenters. The molecule has 0 radical (unpaired) electrons. The van der Waals surface area contributed by atoms with Crippen molar-refractivity contribution >= 4 is 17.9 Å². The van der Waals surface area contributed by atoms with E-state index in [1.54, 1.807) is 20.8 Å². The van der Waals surface area contributed by atoms with Gasteiger partial charge in [0.15, 0.2) is 6.10 Å². The molecule has 0 rings (SSSR count). The van der Waals surface area contributed by atoms with Crippen LogP contribution in [0.3, 0.4) is 0 Å². The van der Waals surface area contributed by atoms with Crippen molar-refractivity contribution in [1.82, 2.24) is 0 Å². The number of hydrogen-bond donors (Lipinski definition) is 3. The number of ether oxygens (including phenoxy) is 1. The molecule has 0 saturated carbocycles. The van der Waals surface area contributed by atoms with E-state index in [1.165, 1.54) is 0 Å². The van der Waals surface area contributed by atoms with Crippen molar-refractivity contribution < 1.29 is 34.4 Å². The molecule has 0 spiro atoms. The Morgan fingerprint density at radius 2 is 1.33 bits per heavy atom. The second-order valence-corrected chi connectivity index (χ2v) is 6.99. The minimum atomic E-state index is -1.36. The van der Waals surface area contributed by atoms with Gasteiger partial charge in [-0.2, -0.15) is 0 Å². The second-order valence-electron chi connectivity index (χ2n) is 6.99. The smallest absolute Gasteiger partial charge is 0.333 e. The molecule has 0 amide bonds. The maximum atomic E-state index is 11.4. The van der Waals surface area contributed by atoms with Gasteiger partial charge in [-0.3, -0.25) is 9.59 Å². The highest BCUT2D eigenvalue weighted by molar-refractivity contribution is 5.81. The normalized spacial score (nSPS) is 14.1. The molecule has 0 bridgehead atoms. The zero-order chi connectivity index (χ0) is 18.8. The zero-order valence-corrected chi connectivity index (χ0v) is 14.8. The Labute approximate surface area is 143 Å². The predicted molar refractivity (Wildman–Crippen MR) is 88.0 cm³/mol. The minimum Gasteiger partial charge on any atom is -0.481 e. The van der Waals surface area contributed by atoms with Crippen LogP contribution < -0.4 is 0 Å². The number of unbranched alkanes of at least 4 members (excludes halogenated alkanes) is 5. The first kappa shape index (κ1) is 22.4. The molecule has 0 aromatic heterocycles. The van der Waals surface area contributed by atoms with E-state index < -0.39 is 35.5 Å². The Kier molecular flexibility index (Phi) is 10.3. The molecule has 0 aliphatic rings. The van der Waals surface area contributed by atoms with Crippen molar-refractivity contribution in [3.05, 3.63) is 0 Å². The maximum Gasteiger partial charge on any atom is 0.333 e. The predicted octanol–water partition coefficient (Wildman–Crippen LogP) is 3.16. The maximum absolute atomic E-state index is 11.4. The van der Waals surface area contributed by atoms with Crippen LogP contribution in [0.4, 0.5) is 0 Å². The van der Waals surface area contributed by atoms with E-state index in [-0.39, 0.29) is 12.8 Å². The van der Waals surface area contributed by atoms with Gasteiger partial charge in [-0.1, -0.05) is 32.1 Å². The van der Waals surface area contributed by atoms with Crippen molar-refractivity contribution in [2.24, 2.45) is 5.92 Å². The molecule has 3 N–H and O–H groups in total. The zero-order valence-electron chi connectivity index (χ0n) is 14.8. The summed E-state index contributed by atoms with van der Waals surface area (Å²) in [7, 11) is 0. The van der Waals surface area contributed by atoms with Gasteiger partial charge in [0.25, 0.3) is 0 Å². The molecule has 0 saturated heterocycles. The average molecular weight is 346 g/mol. The Morgan fingerprint density at radius 3 is 1.75 bits per heavy atom. The third-order valence-corrected chi connectivity index (χ3v) is 3.56. The second kappa shape index (κ2) is 11.0. The lowest BCUT2D eigenvalue weighted by Gasteiger charge is -2.28. The summed E-state index contributed by atoms with van der Waals surface area (Å²) in [6.45, 7) is 5.08. The molecule has 0 fully saturated rings. The summed E-state index contributed by atoms with van der Waals surface area (Å²) in [5.41, 5.74) is -0.735. The van der Waals surface area contributed by atoms with E-state index >= 15 is 0 Å². The summed E-state index contributed by atoms with van der Waals surface area (Å²) in [6.07, 6.45) is 3.70. The van der Waals surface area contributed by atoms with Crippen molar-refractivity contribution in [1.29, 1.82) is 0 Å². The standard InChI is InChI=1S/C17H30O7/c1-17(2,3)24-14(16(22)23)12(15(20)21)10-8-6-4-5-7-9-11-13(18)19/h12,14H,4-11H2,1-3H3,(H,18,19)(H,20,21)(H,22,23). The van der Waals surface area contributed by atoms with E-state index in [9.17, 15) is 24.6 Å². The van der Waals surface area contributed by atoms with Gasteiger partial charge < -0.3 is 20.1 Å². The summed E-state index contributed by atoms with van der Waals surface area (Å²) in [5, 5.41) is 27.1. The Morgan fingerprint density at radius 1 is 0.833 bits per heavy atom. The molecule has 7 nitrogen and oxygen atoms in total. The summed E-state index contributed by atoms with van der Waals surface area (Å²) in [5.74, 6) is -4.29. The topological polar surface area (TPSA) is 121 Å². The first-order valence-electron chi connectivity index (χ1n) is 8.40. The monoisotopic (exact) mass is 346 g/mol. The summed E-state index contributed by atoms with van der Waals surface area (Å²) < 4.78 is 5.42. The van der Waals surface area contributed by atoms with Crippen molar-refractivity contribution in [2.75, 3.05) is 0 Å². The van der Waals surface area contributed by atoms with Gasteiger partial charge in [0.2, 0.25) is 0 Å². The van der Waals surface area contributed by atoms with Crippen LogP contribution in [0.15, 0.2) is 0 Å². The van der Waals surface area contributed by atoms with Gasteiger partial charge in [-0.25, -0.2) is 4.79 Å². The summed E-state index contributed by atoms with van der Waals surface area (Å²) >= 11 is 0. The molecule has 24 heavy (non-hydrogen) atoms. The van der Waals surface area contributed by atoms with Gasteiger partial charge in [-0.15, -0.1) is 0 Å². The van der Waals surface area contributed by atoms with Crippen LogP contribution in [0, 0.1) is 5.92 Å². The fraction of sp³-hybridized carbons (Fsp3) is 0.824. The van der Waals surface area contributed by atoms with Gasteiger partial charge in [-0.05, 0) is 33.6 Å². The van der Waals surface area contributed by atoms with Crippen LogP contribution in [0.25, 0.3) is 0 Å². The average Bonchev–Trinajstić information content (AvgIpc) is 2.41. The lowest BCUT2D eigenvalue weighted by atomic mass is 9.94.